The van der Waals surface area contributed by atoms with Gasteiger partial charge in [-0.15, -0.1) is 0 Å². The molecule has 0 saturated heterocycles. The van der Waals surface area contributed by atoms with E-state index in [-0.39, 0.29) is 38.1 Å². The molecule has 0 bridgehead atoms. The zero-order chi connectivity index (χ0) is 26.9. The molecule has 3 aromatic carbocycles. The fourth-order valence-electron chi connectivity index (χ4n) is 4.56. The van der Waals surface area contributed by atoms with Crippen LogP contribution in [0.25, 0.3) is 0 Å². The molecule has 0 radical (unpaired) electrons. The van der Waals surface area contributed by atoms with Crippen LogP contribution in [0.5, 0.6) is 0 Å². The van der Waals surface area contributed by atoms with Crippen molar-refractivity contribution < 1.29 is 36.6 Å². The number of carbonyl (C=O) groups excluding carboxylic acids is 2. The number of carbonyl (C=O) groups is 2. The van der Waals surface area contributed by atoms with Gasteiger partial charge in [0, 0.05) is 27.4 Å². The van der Waals surface area contributed by atoms with E-state index in [1.165, 1.54) is 18.2 Å². The largest absolute Gasteiger partial charge is 0.423 e. The number of anilines is 2. The van der Waals surface area contributed by atoms with Crippen LogP contribution in [0, 0.1) is 11.6 Å². The maximum absolute atomic E-state index is 14.0. The highest BCUT2D eigenvalue weighted by atomic mass is 35.5. The number of urea groups is 1. The predicted octanol–water partition coefficient (Wildman–Crippen LogP) is 5.91. The zero-order valence-electron chi connectivity index (χ0n) is 18.3. The van der Waals surface area contributed by atoms with Crippen LogP contribution in [0.2, 0.25) is 10.0 Å². The third-order valence-corrected chi connectivity index (χ3v) is 6.95. The predicted molar refractivity (Wildman–Crippen MR) is 125 cm³/mol. The van der Waals surface area contributed by atoms with Gasteiger partial charge in [-0.05, 0) is 48.5 Å². The average molecular weight is 558 g/mol. The number of alkyl halides is 3. The molecule has 6 nitrogen and oxygen atoms in total. The molecule has 0 spiro atoms. The smallest absolute Gasteiger partial charge is 0.375 e. The topological polar surface area (TPSA) is 81.7 Å². The Balaban J connectivity index is 1.57. The first-order chi connectivity index (χ1) is 17.3. The fourth-order valence-corrected chi connectivity index (χ4v) is 5.03. The molecule has 2 atom stereocenters. The summed E-state index contributed by atoms with van der Waals surface area (Å²) in [5, 5.41) is 15.6. The lowest BCUT2D eigenvalue weighted by atomic mass is 9.95. The monoisotopic (exact) mass is 557 g/mol. The summed E-state index contributed by atoms with van der Waals surface area (Å²) in [5.74, 6) is -2.32. The standard InChI is InChI=1S/C24H14Cl2F5N3O3/c25-14-3-1-10(27)7-12(14)20-19-16(5-4-15(26)18(19)21(35)33-20)32-22(36)34-9-23(37,24(29,30)31)13-8-11(28)2-6-17(13)34/h1-8,20,37H,9H2,(H,32,36)(H,33,35)/t20-,23-/m0/s1. The Morgan fingerprint density at radius 3 is 2.41 bits per heavy atom. The molecule has 13 heteroatoms. The summed E-state index contributed by atoms with van der Waals surface area (Å²) in [6, 6.07) is 6.24. The average Bonchev–Trinajstić information content (AvgIpc) is 3.33. The first-order valence-corrected chi connectivity index (χ1v) is 11.3. The fraction of sp³-hybridized carbons (Fsp3) is 0.167. The van der Waals surface area contributed by atoms with Gasteiger partial charge in [0.05, 0.1) is 28.9 Å². The molecular formula is C24H14Cl2F5N3O3. The van der Waals surface area contributed by atoms with Crippen molar-refractivity contribution in [1.29, 1.82) is 0 Å². The second-order valence-electron chi connectivity index (χ2n) is 8.49. The molecule has 0 unspecified atom stereocenters. The molecule has 3 amide bonds. The number of fused-ring (bicyclic) bond motifs is 2. The van der Waals surface area contributed by atoms with Gasteiger partial charge in [0.2, 0.25) is 5.60 Å². The van der Waals surface area contributed by atoms with Gasteiger partial charge in [-0.1, -0.05) is 23.2 Å². The normalized spacial score (nSPS) is 20.5. The molecule has 2 heterocycles. The zero-order valence-corrected chi connectivity index (χ0v) is 19.8. The summed E-state index contributed by atoms with van der Waals surface area (Å²) in [6.07, 6.45) is -5.22. The van der Waals surface area contributed by atoms with Crippen LogP contribution < -0.4 is 15.5 Å². The number of aliphatic hydroxyl groups is 1. The van der Waals surface area contributed by atoms with Gasteiger partial charge in [-0.25, -0.2) is 13.6 Å². The van der Waals surface area contributed by atoms with E-state index in [1.807, 2.05) is 0 Å². The molecule has 0 saturated carbocycles. The van der Waals surface area contributed by atoms with Crippen LogP contribution in [0.3, 0.4) is 0 Å². The van der Waals surface area contributed by atoms with Crippen molar-refractivity contribution in [3.05, 3.63) is 92.5 Å². The van der Waals surface area contributed by atoms with Gasteiger partial charge in [-0.3, -0.25) is 9.69 Å². The van der Waals surface area contributed by atoms with Gasteiger partial charge < -0.3 is 15.7 Å². The Morgan fingerprint density at radius 1 is 1.05 bits per heavy atom. The van der Waals surface area contributed by atoms with E-state index in [1.54, 1.807) is 0 Å². The number of halogens is 7. The van der Waals surface area contributed by atoms with Crippen LogP contribution >= 0.6 is 23.2 Å². The number of benzene rings is 3. The van der Waals surface area contributed by atoms with Crippen molar-refractivity contribution in [2.45, 2.75) is 17.8 Å². The van der Waals surface area contributed by atoms with Crippen molar-refractivity contribution in [1.82, 2.24) is 5.32 Å². The summed E-state index contributed by atoms with van der Waals surface area (Å²) < 4.78 is 69.0. The Hall–Kier alpha value is -3.41. The summed E-state index contributed by atoms with van der Waals surface area (Å²) in [6.45, 7) is -1.24. The first-order valence-electron chi connectivity index (χ1n) is 10.6. The second-order valence-corrected chi connectivity index (χ2v) is 9.31. The summed E-state index contributed by atoms with van der Waals surface area (Å²) in [5.41, 5.74) is -4.50. The number of hydrogen-bond acceptors (Lipinski definition) is 3. The van der Waals surface area contributed by atoms with Gasteiger partial charge in [-0.2, -0.15) is 13.2 Å². The lowest BCUT2D eigenvalue weighted by molar-refractivity contribution is -0.258. The molecule has 0 aliphatic carbocycles. The number of hydrogen-bond donors (Lipinski definition) is 3. The quantitative estimate of drug-likeness (QED) is 0.343. The molecule has 37 heavy (non-hydrogen) atoms. The van der Waals surface area contributed by atoms with Gasteiger partial charge >= 0.3 is 12.2 Å². The maximum atomic E-state index is 14.0. The summed E-state index contributed by atoms with van der Waals surface area (Å²) in [4.78, 5) is 26.5. The molecule has 2 aliphatic rings. The Kier molecular flexibility index (Phi) is 5.85. The highest BCUT2D eigenvalue weighted by molar-refractivity contribution is 6.35. The number of nitrogens with zero attached hydrogens (tertiary/aromatic N) is 1. The Bertz CT molecular complexity index is 1480. The number of rotatable bonds is 2. The summed E-state index contributed by atoms with van der Waals surface area (Å²) >= 11 is 12.4. The van der Waals surface area contributed by atoms with Crippen LogP contribution in [0.1, 0.15) is 33.1 Å². The lowest BCUT2D eigenvalue weighted by Gasteiger charge is -2.27. The molecule has 5 rings (SSSR count). The number of amides is 3. The minimum Gasteiger partial charge on any atom is -0.375 e. The minimum atomic E-state index is -5.22. The molecular weight excluding hydrogens is 544 g/mol. The van der Waals surface area contributed by atoms with Gasteiger partial charge in [0.1, 0.15) is 11.6 Å². The van der Waals surface area contributed by atoms with Crippen molar-refractivity contribution >= 4 is 46.5 Å². The summed E-state index contributed by atoms with van der Waals surface area (Å²) in [7, 11) is 0. The van der Waals surface area contributed by atoms with E-state index >= 15 is 0 Å². The molecule has 0 aromatic heterocycles. The van der Waals surface area contributed by atoms with E-state index in [0.29, 0.717) is 11.0 Å². The van der Waals surface area contributed by atoms with Gasteiger partial charge in [0.25, 0.3) is 5.91 Å². The Labute approximate surface area is 215 Å². The van der Waals surface area contributed by atoms with Crippen molar-refractivity contribution in [2.24, 2.45) is 0 Å². The molecule has 0 fully saturated rings. The van der Waals surface area contributed by atoms with Crippen LogP contribution in [0.15, 0.2) is 48.5 Å². The molecule has 192 valence electrons. The van der Waals surface area contributed by atoms with E-state index in [0.717, 1.165) is 24.3 Å². The van der Waals surface area contributed by atoms with E-state index < -0.39 is 53.5 Å². The Morgan fingerprint density at radius 2 is 1.70 bits per heavy atom. The third-order valence-electron chi connectivity index (χ3n) is 6.29. The minimum absolute atomic E-state index is 0.00830. The molecule has 2 aliphatic heterocycles. The number of nitrogens with one attached hydrogen (secondary N) is 2. The van der Waals surface area contributed by atoms with Crippen LogP contribution in [0.4, 0.5) is 38.1 Å². The highest BCUT2D eigenvalue weighted by Gasteiger charge is 2.61. The van der Waals surface area contributed by atoms with Crippen LogP contribution in [-0.4, -0.2) is 29.8 Å². The molecule has 3 N–H and O–H groups in total. The van der Waals surface area contributed by atoms with Gasteiger partial charge in [0.15, 0.2) is 0 Å². The van der Waals surface area contributed by atoms with Crippen molar-refractivity contribution in [2.75, 3.05) is 16.8 Å². The van der Waals surface area contributed by atoms with Crippen LogP contribution in [-0.2, 0) is 5.60 Å². The van der Waals surface area contributed by atoms with E-state index in [2.05, 4.69) is 10.6 Å². The van der Waals surface area contributed by atoms with E-state index in [4.69, 9.17) is 23.2 Å². The second kappa shape index (κ2) is 8.57. The lowest BCUT2D eigenvalue weighted by Crippen LogP contribution is -2.48. The SMILES string of the molecule is O=C1N[C@@H](c2cc(F)ccc2Cl)c2c(NC(=O)N3C[C@@](O)(C(F)(F)F)c4cc(F)ccc43)ccc(Cl)c21. The first kappa shape index (κ1) is 25.2. The molecule has 3 aromatic rings. The number of β-amino-alcohol motifs (C(OH)–C–C–N with tert-alkyl or cyclic N) is 1. The van der Waals surface area contributed by atoms with E-state index in [9.17, 15) is 36.6 Å². The van der Waals surface area contributed by atoms with Crippen molar-refractivity contribution in [3.63, 3.8) is 0 Å². The van der Waals surface area contributed by atoms with Crippen molar-refractivity contribution in [3.8, 4) is 0 Å². The third kappa shape index (κ3) is 3.97. The maximum Gasteiger partial charge on any atom is 0.423 e. The highest BCUT2D eigenvalue weighted by Crippen LogP contribution is 2.49.